The number of carbonyl (C=O) groups excluding carboxylic acids is 2. The molecule has 6 heteroatoms. The average molecular weight is 804 g/mol. The predicted molar refractivity (Wildman–Crippen MR) is 246 cm³/mol. The number of esters is 1. The van der Waals surface area contributed by atoms with Gasteiger partial charge >= 0.3 is 5.97 Å². The fourth-order valence-electron chi connectivity index (χ4n) is 7.60. The van der Waals surface area contributed by atoms with Gasteiger partial charge in [-0.05, 0) is 51.4 Å². The van der Waals surface area contributed by atoms with E-state index in [4.69, 9.17) is 4.74 Å². The van der Waals surface area contributed by atoms with Gasteiger partial charge in [-0.15, -0.1) is 0 Å². The fourth-order valence-corrected chi connectivity index (χ4v) is 7.60. The summed E-state index contributed by atoms with van der Waals surface area (Å²) in [5, 5.41) is 23.2. The Hall–Kier alpha value is -1.66. The Bertz CT molecular complexity index is 889. The molecule has 3 N–H and O–H groups in total. The van der Waals surface area contributed by atoms with Gasteiger partial charge in [0.2, 0.25) is 5.91 Å². The lowest BCUT2D eigenvalue weighted by Gasteiger charge is -2.22. The zero-order valence-electron chi connectivity index (χ0n) is 38.1. The van der Waals surface area contributed by atoms with Gasteiger partial charge in [-0.2, -0.15) is 0 Å². The molecule has 0 rings (SSSR count). The van der Waals surface area contributed by atoms with Crippen molar-refractivity contribution in [1.82, 2.24) is 5.32 Å². The van der Waals surface area contributed by atoms with Crippen molar-refractivity contribution < 1.29 is 24.5 Å². The van der Waals surface area contributed by atoms with Crippen LogP contribution in [0.15, 0.2) is 24.3 Å². The summed E-state index contributed by atoms with van der Waals surface area (Å²) in [7, 11) is 0. The zero-order valence-corrected chi connectivity index (χ0v) is 38.1. The molecular weight excluding hydrogens is 707 g/mol. The summed E-state index contributed by atoms with van der Waals surface area (Å²) in [5.74, 6) is -0.0916. The molecule has 6 nitrogen and oxygen atoms in total. The van der Waals surface area contributed by atoms with Gasteiger partial charge in [0.1, 0.15) is 0 Å². The maximum atomic E-state index is 12.4. The summed E-state index contributed by atoms with van der Waals surface area (Å²) < 4.78 is 5.44. The monoisotopic (exact) mass is 804 g/mol. The number of hydrogen-bond donors (Lipinski definition) is 3. The lowest BCUT2D eigenvalue weighted by Crippen LogP contribution is -2.45. The van der Waals surface area contributed by atoms with Gasteiger partial charge in [0, 0.05) is 12.8 Å². The Balaban J connectivity index is 3.50. The van der Waals surface area contributed by atoms with Crippen LogP contribution in [0.1, 0.15) is 264 Å². The van der Waals surface area contributed by atoms with Crippen LogP contribution in [-0.2, 0) is 14.3 Å². The van der Waals surface area contributed by atoms with Crippen molar-refractivity contribution in [3.05, 3.63) is 24.3 Å². The van der Waals surface area contributed by atoms with Gasteiger partial charge in [-0.25, -0.2) is 0 Å². The van der Waals surface area contributed by atoms with Gasteiger partial charge < -0.3 is 20.3 Å². The van der Waals surface area contributed by atoms with Crippen molar-refractivity contribution in [3.63, 3.8) is 0 Å². The molecule has 0 spiro atoms. The predicted octanol–water partition coefficient (Wildman–Crippen LogP) is 14.7. The van der Waals surface area contributed by atoms with Crippen LogP contribution in [0.3, 0.4) is 0 Å². The van der Waals surface area contributed by atoms with Gasteiger partial charge in [0.15, 0.2) is 0 Å². The maximum absolute atomic E-state index is 12.4. The summed E-state index contributed by atoms with van der Waals surface area (Å²) in [6.07, 6.45) is 54.2. The molecule has 0 aromatic carbocycles. The van der Waals surface area contributed by atoms with Crippen LogP contribution in [0.2, 0.25) is 0 Å². The number of aliphatic hydroxyl groups excluding tert-OH is 2. The first kappa shape index (κ1) is 55.3. The normalized spacial score (nSPS) is 12.8. The molecule has 0 radical (unpaired) electrons. The summed E-state index contributed by atoms with van der Waals surface area (Å²) in [4.78, 5) is 24.5. The molecule has 0 heterocycles. The molecule has 0 aliphatic rings. The highest BCUT2D eigenvalue weighted by molar-refractivity contribution is 5.76. The molecule has 2 unspecified atom stereocenters. The molecule has 0 saturated heterocycles. The Labute approximate surface area is 354 Å². The van der Waals surface area contributed by atoms with Gasteiger partial charge in [-0.1, -0.05) is 224 Å². The standard InChI is InChI=1S/C51H97NO5/c1-3-5-7-9-11-13-15-17-19-20-21-23-27-31-35-39-43-49(54)48(47-53)52-50(55)44-40-36-32-28-25-26-30-34-38-42-46-57-51(56)45-41-37-33-29-24-22-18-16-14-12-10-8-6-4-2/h10,12,16,18,48-49,53-54H,3-9,11,13-15,17,19-47H2,1-2H3,(H,52,55)/b12-10-,18-16-. The first-order valence-electron chi connectivity index (χ1n) is 25.1. The molecule has 0 fully saturated rings. The van der Waals surface area contributed by atoms with Crippen LogP contribution in [0.5, 0.6) is 0 Å². The highest BCUT2D eigenvalue weighted by Crippen LogP contribution is 2.16. The van der Waals surface area contributed by atoms with E-state index in [1.807, 2.05) is 0 Å². The number of allylic oxidation sites excluding steroid dienone is 4. The van der Waals surface area contributed by atoms with Crippen molar-refractivity contribution in [1.29, 1.82) is 0 Å². The molecule has 0 aliphatic carbocycles. The molecule has 2 atom stereocenters. The minimum Gasteiger partial charge on any atom is -0.466 e. The van der Waals surface area contributed by atoms with Crippen LogP contribution in [0.4, 0.5) is 0 Å². The Morgan fingerprint density at radius 3 is 1.39 bits per heavy atom. The lowest BCUT2D eigenvalue weighted by atomic mass is 10.0. The van der Waals surface area contributed by atoms with Crippen molar-refractivity contribution in [2.75, 3.05) is 13.2 Å². The molecular formula is C51H97NO5. The summed E-state index contributed by atoms with van der Waals surface area (Å²) in [6, 6.07) is -0.559. The summed E-state index contributed by atoms with van der Waals surface area (Å²) >= 11 is 0. The van der Waals surface area contributed by atoms with Crippen LogP contribution < -0.4 is 5.32 Å². The van der Waals surface area contributed by atoms with E-state index >= 15 is 0 Å². The largest absolute Gasteiger partial charge is 0.466 e. The van der Waals surface area contributed by atoms with E-state index in [2.05, 4.69) is 43.5 Å². The van der Waals surface area contributed by atoms with Gasteiger partial charge in [0.05, 0.1) is 25.4 Å². The third-order valence-electron chi connectivity index (χ3n) is 11.5. The number of nitrogens with one attached hydrogen (secondary N) is 1. The average Bonchev–Trinajstić information content (AvgIpc) is 3.21. The van der Waals surface area contributed by atoms with Crippen LogP contribution in [-0.4, -0.2) is 47.4 Å². The number of hydrogen-bond acceptors (Lipinski definition) is 5. The second kappa shape index (κ2) is 47.0. The first-order valence-corrected chi connectivity index (χ1v) is 25.1. The fraction of sp³-hybridized carbons (Fsp3) is 0.882. The molecule has 1 amide bonds. The van der Waals surface area contributed by atoms with Crippen LogP contribution in [0.25, 0.3) is 0 Å². The molecule has 57 heavy (non-hydrogen) atoms. The number of rotatable bonds is 46. The third-order valence-corrected chi connectivity index (χ3v) is 11.5. The minimum absolute atomic E-state index is 0.0334. The SMILES string of the molecule is CCCC/C=C\C/C=C\CCCCCCCC(=O)OCCCCCCCCCCCCC(=O)NC(CO)C(O)CCCCCCCCCCCCCCCCCC. The summed E-state index contributed by atoms with van der Waals surface area (Å²) in [5.41, 5.74) is 0. The van der Waals surface area contributed by atoms with Crippen molar-refractivity contribution >= 4 is 11.9 Å². The molecule has 336 valence electrons. The van der Waals surface area contributed by atoms with E-state index in [0.717, 1.165) is 70.6 Å². The van der Waals surface area contributed by atoms with E-state index in [1.165, 1.54) is 161 Å². The van der Waals surface area contributed by atoms with E-state index in [-0.39, 0.29) is 18.5 Å². The van der Waals surface area contributed by atoms with E-state index < -0.39 is 12.1 Å². The first-order chi connectivity index (χ1) is 28.0. The number of amides is 1. The Kier molecular flexibility index (Phi) is 45.7. The Morgan fingerprint density at radius 1 is 0.491 bits per heavy atom. The van der Waals surface area contributed by atoms with Gasteiger partial charge in [-0.3, -0.25) is 9.59 Å². The molecule has 0 aliphatic heterocycles. The second-order valence-corrected chi connectivity index (χ2v) is 17.1. The summed E-state index contributed by atoms with van der Waals surface area (Å²) in [6.45, 7) is 4.85. The molecule has 0 aromatic heterocycles. The van der Waals surface area contributed by atoms with Gasteiger partial charge in [0.25, 0.3) is 0 Å². The number of unbranched alkanes of at least 4 members (excludes halogenated alkanes) is 31. The number of ether oxygens (including phenoxy) is 1. The quantitative estimate of drug-likeness (QED) is 0.0324. The number of carbonyl (C=O) groups is 2. The minimum atomic E-state index is -0.679. The highest BCUT2D eigenvalue weighted by Gasteiger charge is 2.20. The smallest absolute Gasteiger partial charge is 0.305 e. The zero-order chi connectivity index (χ0) is 41.5. The highest BCUT2D eigenvalue weighted by atomic mass is 16.5. The van der Waals surface area contributed by atoms with E-state index in [9.17, 15) is 19.8 Å². The van der Waals surface area contributed by atoms with E-state index in [0.29, 0.717) is 25.9 Å². The topological polar surface area (TPSA) is 95.9 Å². The molecule has 0 bridgehead atoms. The maximum Gasteiger partial charge on any atom is 0.305 e. The molecule has 0 aromatic rings. The van der Waals surface area contributed by atoms with Crippen LogP contribution >= 0.6 is 0 Å². The second-order valence-electron chi connectivity index (χ2n) is 17.1. The van der Waals surface area contributed by atoms with Crippen molar-refractivity contribution in [2.24, 2.45) is 0 Å². The van der Waals surface area contributed by atoms with Crippen molar-refractivity contribution in [3.8, 4) is 0 Å². The molecule has 0 saturated carbocycles. The number of aliphatic hydroxyl groups is 2. The van der Waals surface area contributed by atoms with Crippen LogP contribution in [0, 0.1) is 0 Å². The van der Waals surface area contributed by atoms with E-state index in [1.54, 1.807) is 0 Å². The third kappa shape index (κ3) is 43.7. The van der Waals surface area contributed by atoms with Crippen molar-refractivity contribution in [2.45, 2.75) is 276 Å². The Morgan fingerprint density at radius 2 is 0.895 bits per heavy atom. The lowest BCUT2D eigenvalue weighted by molar-refractivity contribution is -0.143.